The molecule has 0 aromatic heterocycles. The fourth-order valence-electron chi connectivity index (χ4n) is 5.84. The first-order valence-electron chi connectivity index (χ1n) is 18.0. The minimum absolute atomic E-state index is 0.0325. The molecule has 0 bridgehead atoms. The van der Waals surface area contributed by atoms with Crippen LogP contribution in [-0.2, 0) is 32.2 Å². The van der Waals surface area contributed by atoms with Crippen LogP contribution in [0.15, 0.2) is 60.7 Å². The number of carbonyl (C=O) groups is 4. The number of hydrogen-bond acceptors (Lipinski definition) is 20. The number of aliphatic hydroxyl groups is 3. The molecule has 4 aromatic carbocycles. The van der Waals surface area contributed by atoms with Gasteiger partial charge in [-0.2, -0.15) is 0 Å². The van der Waals surface area contributed by atoms with Gasteiger partial charge in [0.15, 0.2) is 74.6 Å². The molecule has 21 heteroatoms. The van der Waals surface area contributed by atoms with Crippen molar-refractivity contribution < 1.29 is 101 Å². The number of Topliss-reactive ketones (excluding diaryl/α,β-unsaturated/α-hetero) is 2. The van der Waals surface area contributed by atoms with Crippen LogP contribution in [0.3, 0.4) is 0 Å². The third-order valence-electron chi connectivity index (χ3n) is 8.93. The van der Waals surface area contributed by atoms with E-state index in [1.54, 1.807) is 4.90 Å². The molecule has 1 aliphatic rings. The molecule has 1 fully saturated rings. The fourth-order valence-corrected chi connectivity index (χ4v) is 5.84. The van der Waals surface area contributed by atoms with Gasteiger partial charge in [-0.25, -0.2) is 9.59 Å². The van der Waals surface area contributed by atoms with E-state index in [4.69, 9.17) is 25.2 Å². The molecular formula is C41H45NO20. The van der Waals surface area contributed by atoms with E-state index in [1.165, 1.54) is 62.4 Å². The molecule has 5 rings (SSSR count). The van der Waals surface area contributed by atoms with Crippen molar-refractivity contribution in [3.8, 4) is 63.2 Å². The van der Waals surface area contributed by atoms with Crippen molar-refractivity contribution in [2.75, 3.05) is 6.54 Å². The lowest BCUT2D eigenvalue weighted by atomic mass is 9.79. The number of ether oxygens (including phenoxy) is 1. The zero-order valence-corrected chi connectivity index (χ0v) is 32.8. The van der Waals surface area contributed by atoms with Gasteiger partial charge in [-0.3, -0.25) is 14.5 Å². The number of phenols is 11. The third kappa shape index (κ3) is 13.3. The Morgan fingerprint density at radius 2 is 1.11 bits per heavy atom. The third-order valence-corrected chi connectivity index (χ3v) is 8.93. The van der Waals surface area contributed by atoms with Crippen LogP contribution in [0.5, 0.6) is 63.2 Å². The van der Waals surface area contributed by atoms with Crippen molar-refractivity contribution >= 4 is 29.6 Å². The number of ketones is 2. The average Bonchev–Trinajstić information content (AvgIpc) is 3.17. The van der Waals surface area contributed by atoms with E-state index in [-0.39, 0.29) is 48.3 Å². The number of hydrogen-bond donors (Lipinski definition) is 15. The Kier molecular flexibility index (Phi) is 16.3. The molecule has 0 saturated heterocycles. The second kappa shape index (κ2) is 20.7. The minimum Gasteiger partial charge on any atom is -0.504 e. The van der Waals surface area contributed by atoms with Crippen LogP contribution >= 0.6 is 0 Å². The van der Waals surface area contributed by atoms with E-state index in [2.05, 4.69) is 0 Å². The number of aliphatic hydroxyl groups excluding tert-OH is 2. The molecule has 0 heterocycles. The normalized spacial score (nSPS) is 18.2. The second-order valence-electron chi connectivity index (χ2n) is 14.1. The first kappa shape index (κ1) is 48.9. The maximum atomic E-state index is 11.8. The van der Waals surface area contributed by atoms with E-state index in [9.17, 15) is 75.3 Å². The summed E-state index contributed by atoms with van der Waals surface area (Å²) in [4.78, 5) is 46.8. The van der Waals surface area contributed by atoms with Crippen molar-refractivity contribution in [2.24, 2.45) is 0 Å². The number of nitrogens with zero attached hydrogens (tertiary/aromatic N) is 1. The molecule has 4 aromatic rings. The number of carbonyl (C=O) groups excluding carboxylic acids is 3. The van der Waals surface area contributed by atoms with Gasteiger partial charge < -0.3 is 81.3 Å². The lowest BCUT2D eigenvalue weighted by molar-refractivity contribution is -0.196. The first-order chi connectivity index (χ1) is 28.8. The Bertz CT molecular complexity index is 2200. The van der Waals surface area contributed by atoms with Gasteiger partial charge in [0.1, 0.15) is 18.0 Å². The summed E-state index contributed by atoms with van der Waals surface area (Å²) in [6.45, 7) is 3.01. The zero-order chi connectivity index (χ0) is 46.8. The molecule has 0 aliphatic heterocycles. The van der Waals surface area contributed by atoms with Gasteiger partial charge in [-0.1, -0.05) is 6.07 Å². The average molecular weight is 872 g/mol. The van der Waals surface area contributed by atoms with Crippen molar-refractivity contribution in [3.63, 3.8) is 0 Å². The summed E-state index contributed by atoms with van der Waals surface area (Å²) < 4.78 is 4.92. The van der Waals surface area contributed by atoms with Crippen molar-refractivity contribution in [1.82, 2.24) is 4.90 Å². The maximum Gasteiger partial charge on any atom is 0.335 e. The van der Waals surface area contributed by atoms with Gasteiger partial charge in [0.25, 0.3) is 0 Å². The molecule has 1 aliphatic carbocycles. The van der Waals surface area contributed by atoms with Crippen LogP contribution in [0.4, 0.5) is 0 Å². The van der Waals surface area contributed by atoms with Crippen LogP contribution in [0, 0.1) is 0 Å². The Hall–Kier alpha value is -7.46. The summed E-state index contributed by atoms with van der Waals surface area (Å²) in [7, 11) is 0. The van der Waals surface area contributed by atoms with Crippen LogP contribution in [0.25, 0.3) is 6.08 Å². The van der Waals surface area contributed by atoms with E-state index in [0.29, 0.717) is 16.7 Å². The van der Waals surface area contributed by atoms with Gasteiger partial charge in [-0.15, -0.1) is 0 Å². The molecule has 4 atom stereocenters. The van der Waals surface area contributed by atoms with E-state index >= 15 is 0 Å². The molecule has 15 N–H and O–H groups in total. The molecule has 0 radical (unpaired) electrons. The highest BCUT2D eigenvalue weighted by atomic mass is 16.6. The number of esters is 1. The highest BCUT2D eigenvalue weighted by molar-refractivity contribution is 5.95. The molecule has 62 heavy (non-hydrogen) atoms. The minimum atomic E-state index is -2.31. The Morgan fingerprint density at radius 1 is 0.661 bits per heavy atom. The Balaban J connectivity index is 0.000000263. The molecule has 4 unspecified atom stereocenters. The van der Waals surface area contributed by atoms with Gasteiger partial charge in [0.05, 0.1) is 12.6 Å². The molecule has 334 valence electrons. The number of benzene rings is 4. The van der Waals surface area contributed by atoms with Gasteiger partial charge in [-0.05, 0) is 85.1 Å². The zero-order valence-electron chi connectivity index (χ0n) is 32.8. The Morgan fingerprint density at radius 3 is 1.52 bits per heavy atom. The summed E-state index contributed by atoms with van der Waals surface area (Å²) in [5.74, 6) is -8.50. The number of phenolic OH excluding ortho intramolecular Hbond substituents is 11. The molecule has 1 saturated carbocycles. The topological polar surface area (TPSA) is 384 Å². The largest absolute Gasteiger partial charge is 0.504 e. The van der Waals surface area contributed by atoms with E-state index < -0.39 is 100 Å². The van der Waals surface area contributed by atoms with Crippen LogP contribution < -0.4 is 0 Å². The van der Waals surface area contributed by atoms with Crippen molar-refractivity contribution in [2.45, 2.75) is 63.7 Å². The second-order valence-corrected chi connectivity index (χ2v) is 14.1. The lowest BCUT2D eigenvalue weighted by Crippen LogP contribution is -2.57. The molecular weight excluding hydrogens is 826 g/mol. The summed E-state index contributed by atoms with van der Waals surface area (Å²) in [6, 6.07) is 11.1. The number of carboxylic acid groups (broad SMARTS) is 1. The number of aromatic hydroxyl groups is 11. The van der Waals surface area contributed by atoms with Crippen molar-refractivity contribution in [3.05, 3.63) is 82.9 Å². The van der Waals surface area contributed by atoms with Crippen LogP contribution in [0.2, 0.25) is 0 Å². The summed E-state index contributed by atoms with van der Waals surface area (Å²) >= 11 is 0. The van der Waals surface area contributed by atoms with Crippen molar-refractivity contribution in [1.29, 1.82) is 0 Å². The smallest absolute Gasteiger partial charge is 0.335 e. The number of carboxylic acids is 1. The standard InChI is InChI=1S/C17H19NO7.C16H18O9.C8H8O4/c1-9(19)6-18(7-10-2-12(20)16(24)13(21)3-10)8-11-4-14(22)17(25)15(23)5-11;17-9-3-1-8(5-10(9)18)2-4-13(20)25-12-7-16(24,15(22)23)6-11(19)14(12)21;1-4(9)5-2-6(10)8(12)7(11)3-5/h2-5,20-25H,6-8H2,1H3;1-5,11-12,14,17-19,21,24H,6-7H2,(H,22,23);2-3,10-12H,1H3/b;4-2+;. The number of rotatable bonds is 11. The molecule has 0 amide bonds. The maximum absolute atomic E-state index is 11.8. The summed E-state index contributed by atoms with van der Waals surface area (Å²) in [5.41, 5.74) is -0.889. The van der Waals surface area contributed by atoms with Crippen LogP contribution in [0.1, 0.15) is 53.7 Å². The molecule has 0 spiro atoms. The van der Waals surface area contributed by atoms with E-state index in [0.717, 1.165) is 18.2 Å². The van der Waals surface area contributed by atoms with Gasteiger partial charge >= 0.3 is 11.9 Å². The van der Waals surface area contributed by atoms with Gasteiger partial charge in [0.2, 0.25) is 0 Å². The summed E-state index contributed by atoms with van der Waals surface area (Å²) in [5, 5.41) is 141. The summed E-state index contributed by atoms with van der Waals surface area (Å²) in [6.07, 6.45) is -3.44. The highest BCUT2D eigenvalue weighted by Crippen LogP contribution is 2.38. The number of aliphatic carboxylic acids is 1. The van der Waals surface area contributed by atoms with E-state index in [1.807, 2.05) is 0 Å². The fraction of sp³-hybridized carbons (Fsp3) is 0.268. The lowest BCUT2D eigenvalue weighted by Gasteiger charge is -2.39. The first-order valence-corrected chi connectivity index (χ1v) is 18.0. The highest BCUT2D eigenvalue weighted by Gasteiger charge is 2.50. The predicted octanol–water partition coefficient (Wildman–Crippen LogP) is 1.87. The Labute approximate surface area is 351 Å². The quantitative estimate of drug-likeness (QED) is 0.0442. The predicted molar refractivity (Wildman–Crippen MR) is 212 cm³/mol. The monoisotopic (exact) mass is 871 g/mol. The van der Waals surface area contributed by atoms with Gasteiger partial charge in [0, 0.05) is 37.6 Å². The SMILES string of the molecule is CC(=O)CN(Cc1cc(O)c(O)c(O)c1)Cc1cc(O)c(O)c(O)c1.CC(=O)c1cc(O)c(O)c(O)c1.O=C(/C=C/c1ccc(O)c(O)c1)OC1CC(O)(C(=O)O)CC(O)C1O. The molecule has 21 nitrogen and oxygen atoms in total. The van der Waals surface area contributed by atoms with Crippen LogP contribution in [-0.4, -0.2) is 135 Å².